The lowest BCUT2D eigenvalue weighted by molar-refractivity contribution is 0.497. The van der Waals surface area contributed by atoms with E-state index < -0.39 is 0 Å². The molecule has 0 aliphatic heterocycles. The Labute approximate surface area is 63.8 Å². The lowest BCUT2D eigenvalue weighted by Crippen LogP contribution is -2.37. The lowest BCUT2D eigenvalue weighted by atomic mass is 9.95. The van der Waals surface area contributed by atoms with E-state index in [1.165, 1.54) is 5.57 Å². The Morgan fingerprint density at radius 2 is 2.00 bits per heavy atom. The fourth-order valence-corrected chi connectivity index (χ4v) is 0.582. The third-order valence-corrected chi connectivity index (χ3v) is 1.98. The van der Waals surface area contributed by atoms with Gasteiger partial charge >= 0.3 is 0 Å². The second-order valence-corrected chi connectivity index (χ2v) is 2.96. The van der Waals surface area contributed by atoms with Gasteiger partial charge in [0.15, 0.2) is 0 Å². The zero-order chi connectivity index (χ0) is 8.20. The number of rotatable bonds is 3. The highest BCUT2D eigenvalue weighted by atomic mass is 14.9. The van der Waals surface area contributed by atoms with E-state index in [2.05, 4.69) is 32.7 Å². The highest BCUT2D eigenvalue weighted by Crippen LogP contribution is 2.13. The number of likely N-dealkylation sites (N-methyl/N-ethyl adjacent to an activating group) is 1. The topological polar surface area (TPSA) is 12.0 Å². The number of allylic oxidation sites excluding steroid dienone is 2. The summed E-state index contributed by atoms with van der Waals surface area (Å²) in [7, 11) is 1.96. The highest BCUT2D eigenvalue weighted by molar-refractivity contribution is 5.18. The quantitative estimate of drug-likeness (QED) is 0.590. The van der Waals surface area contributed by atoms with Crippen molar-refractivity contribution in [3.8, 4) is 0 Å². The van der Waals surface area contributed by atoms with Gasteiger partial charge in [0.2, 0.25) is 0 Å². The van der Waals surface area contributed by atoms with Crippen molar-refractivity contribution in [2.45, 2.75) is 26.3 Å². The third kappa shape index (κ3) is 2.36. The summed E-state index contributed by atoms with van der Waals surface area (Å²) in [6.45, 7) is 10.0. The Morgan fingerprint density at radius 3 is 2.30 bits per heavy atom. The fraction of sp³-hybridized carbons (Fsp3) is 0.556. The standard InChI is InChI=1S/C9H17N/c1-6-7-8(2)9(3,4)10-5/h6-7,10H,1H2,2-5H3/b8-7-. The molecule has 0 aromatic rings. The molecule has 0 heterocycles. The summed E-state index contributed by atoms with van der Waals surface area (Å²) in [5.74, 6) is 0. The zero-order valence-electron chi connectivity index (χ0n) is 7.36. The Bertz CT molecular complexity index is 143. The molecule has 1 N–H and O–H groups in total. The normalized spacial score (nSPS) is 13.4. The molecule has 58 valence electrons. The van der Waals surface area contributed by atoms with Crippen LogP contribution in [0.25, 0.3) is 0 Å². The molecule has 1 nitrogen and oxygen atoms in total. The van der Waals surface area contributed by atoms with Crippen molar-refractivity contribution in [1.29, 1.82) is 0 Å². The van der Waals surface area contributed by atoms with Crippen LogP contribution in [0.4, 0.5) is 0 Å². The molecule has 0 saturated heterocycles. The first-order valence-electron chi connectivity index (χ1n) is 3.53. The van der Waals surface area contributed by atoms with Crippen LogP contribution in [0.15, 0.2) is 24.3 Å². The van der Waals surface area contributed by atoms with Crippen molar-refractivity contribution in [2.75, 3.05) is 7.05 Å². The summed E-state index contributed by atoms with van der Waals surface area (Å²) in [5.41, 5.74) is 1.39. The van der Waals surface area contributed by atoms with Crippen LogP contribution in [0.1, 0.15) is 20.8 Å². The maximum Gasteiger partial charge on any atom is 0.0334 e. The third-order valence-electron chi connectivity index (χ3n) is 1.98. The zero-order valence-corrected chi connectivity index (χ0v) is 7.36. The number of nitrogens with one attached hydrogen (secondary N) is 1. The molecule has 0 aliphatic carbocycles. The van der Waals surface area contributed by atoms with Crippen LogP contribution < -0.4 is 5.32 Å². The van der Waals surface area contributed by atoms with E-state index in [4.69, 9.17) is 0 Å². The van der Waals surface area contributed by atoms with Crippen LogP contribution >= 0.6 is 0 Å². The first-order valence-corrected chi connectivity index (χ1v) is 3.53. The largest absolute Gasteiger partial charge is 0.311 e. The molecule has 0 aromatic heterocycles. The van der Waals surface area contributed by atoms with Gasteiger partial charge in [-0.25, -0.2) is 0 Å². The van der Waals surface area contributed by atoms with Crippen LogP contribution in [0.5, 0.6) is 0 Å². The van der Waals surface area contributed by atoms with Gasteiger partial charge in [-0.1, -0.05) is 24.3 Å². The van der Waals surface area contributed by atoms with Crippen LogP contribution in [0.3, 0.4) is 0 Å². The van der Waals surface area contributed by atoms with Gasteiger partial charge in [-0.05, 0) is 27.8 Å². The van der Waals surface area contributed by atoms with Crippen LogP contribution in [-0.4, -0.2) is 12.6 Å². The molecule has 0 radical (unpaired) electrons. The van der Waals surface area contributed by atoms with Gasteiger partial charge in [0.1, 0.15) is 0 Å². The van der Waals surface area contributed by atoms with Crippen molar-refractivity contribution < 1.29 is 0 Å². The maximum atomic E-state index is 3.64. The van der Waals surface area contributed by atoms with Gasteiger partial charge in [-0.3, -0.25) is 0 Å². The Balaban J connectivity index is 4.31. The fourth-order valence-electron chi connectivity index (χ4n) is 0.582. The Kier molecular flexibility index (Phi) is 3.37. The first-order chi connectivity index (χ1) is 4.54. The summed E-state index contributed by atoms with van der Waals surface area (Å²) in [6, 6.07) is 0. The van der Waals surface area contributed by atoms with Gasteiger partial charge < -0.3 is 5.32 Å². The van der Waals surface area contributed by atoms with Crippen LogP contribution in [-0.2, 0) is 0 Å². The molecule has 0 rings (SSSR count). The smallest absolute Gasteiger partial charge is 0.0334 e. The molecule has 0 saturated carbocycles. The van der Waals surface area contributed by atoms with E-state index in [1.54, 1.807) is 0 Å². The van der Waals surface area contributed by atoms with Crippen molar-refractivity contribution in [3.05, 3.63) is 24.3 Å². The van der Waals surface area contributed by atoms with Gasteiger partial charge in [-0.2, -0.15) is 0 Å². The second-order valence-electron chi connectivity index (χ2n) is 2.96. The summed E-state index contributed by atoms with van der Waals surface area (Å²) < 4.78 is 0. The van der Waals surface area contributed by atoms with Crippen molar-refractivity contribution in [3.63, 3.8) is 0 Å². The van der Waals surface area contributed by atoms with E-state index in [0.717, 1.165) is 0 Å². The first kappa shape index (κ1) is 9.44. The summed E-state index contributed by atoms with van der Waals surface area (Å²) in [6.07, 6.45) is 3.84. The molecule has 0 spiro atoms. The molecule has 0 bridgehead atoms. The lowest BCUT2D eigenvalue weighted by Gasteiger charge is -2.24. The monoisotopic (exact) mass is 139 g/mol. The minimum Gasteiger partial charge on any atom is -0.311 e. The van der Waals surface area contributed by atoms with Gasteiger partial charge in [0.25, 0.3) is 0 Å². The van der Waals surface area contributed by atoms with Crippen molar-refractivity contribution in [2.24, 2.45) is 0 Å². The van der Waals surface area contributed by atoms with Crippen LogP contribution in [0.2, 0.25) is 0 Å². The number of hydrogen-bond donors (Lipinski definition) is 1. The average molecular weight is 139 g/mol. The predicted octanol–water partition coefficient (Wildman–Crippen LogP) is 2.12. The second kappa shape index (κ2) is 3.57. The molecule has 1 heteroatoms. The molecular formula is C9H17N. The van der Waals surface area contributed by atoms with Crippen molar-refractivity contribution >= 4 is 0 Å². The van der Waals surface area contributed by atoms with Gasteiger partial charge in [0.05, 0.1) is 0 Å². The average Bonchev–Trinajstić information content (AvgIpc) is 1.89. The Hall–Kier alpha value is -0.560. The van der Waals surface area contributed by atoms with Crippen molar-refractivity contribution in [1.82, 2.24) is 5.32 Å². The predicted molar refractivity (Wildman–Crippen MR) is 47.1 cm³/mol. The van der Waals surface area contributed by atoms with Gasteiger partial charge in [-0.15, -0.1) is 0 Å². The van der Waals surface area contributed by atoms with E-state index in [0.29, 0.717) is 0 Å². The molecule has 0 aliphatic rings. The van der Waals surface area contributed by atoms with Crippen LogP contribution in [0, 0.1) is 0 Å². The minimum absolute atomic E-state index is 0.0915. The molecule has 0 aromatic carbocycles. The minimum atomic E-state index is 0.0915. The molecule has 0 fully saturated rings. The van der Waals surface area contributed by atoms with E-state index in [1.807, 2.05) is 19.2 Å². The molecule has 0 amide bonds. The Morgan fingerprint density at radius 1 is 1.50 bits per heavy atom. The summed E-state index contributed by atoms with van der Waals surface area (Å²) in [5, 5.41) is 3.21. The summed E-state index contributed by atoms with van der Waals surface area (Å²) >= 11 is 0. The molecular weight excluding hydrogens is 122 g/mol. The SMILES string of the molecule is C=C/C=C(/C)C(C)(C)NC. The molecule has 0 atom stereocenters. The van der Waals surface area contributed by atoms with E-state index in [-0.39, 0.29) is 5.54 Å². The molecule has 10 heavy (non-hydrogen) atoms. The van der Waals surface area contributed by atoms with E-state index in [9.17, 15) is 0 Å². The summed E-state index contributed by atoms with van der Waals surface area (Å²) in [4.78, 5) is 0. The highest BCUT2D eigenvalue weighted by Gasteiger charge is 2.15. The number of hydrogen-bond acceptors (Lipinski definition) is 1. The maximum absolute atomic E-state index is 3.64. The van der Waals surface area contributed by atoms with Gasteiger partial charge in [0, 0.05) is 5.54 Å². The van der Waals surface area contributed by atoms with E-state index >= 15 is 0 Å². The molecule has 0 unspecified atom stereocenters.